The van der Waals surface area contributed by atoms with Crippen molar-refractivity contribution >= 4 is 26.8 Å². The fourth-order valence-electron chi connectivity index (χ4n) is 4.85. The van der Waals surface area contributed by atoms with Gasteiger partial charge in [0.05, 0.1) is 0 Å². The van der Waals surface area contributed by atoms with Crippen LogP contribution in [-0.2, 0) is 6.42 Å². The number of rotatable bonds is 5. The minimum absolute atomic E-state index is 0.607. The molecule has 0 saturated carbocycles. The van der Waals surface area contributed by atoms with Crippen LogP contribution in [-0.4, -0.2) is 29.5 Å². The number of H-pyrrole nitrogens is 1. The van der Waals surface area contributed by atoms with E-state index in [0.29, 0.717) is 5.92 Å². The maximum Gasteiger partial charge on any atom is 0.0500 e. The summed E-state index contributed by atoms with van der Waals surface area (Å²) in [5.41, 5.74) is 6.77. The lowest BCUT2D eigenvalue weighted by atomic mass is 9.86. The van der Waals surface area contributed by atoms with Crippen molar-refractivity contribution in [3.8, 4) is 11.3 Å². The zero-order valence-electron chi connectivity index (χ0n) is 17.2. The van der Waals surface area contributed by atoms with Crippen molar-refractivity contribution < 1.29 is 0 Å². The molecule has 1 saturated heterocycles. The summed E-state index contributed by atoms with van der Waals surface area (Å²) in [6, 6.07) is 28.2. The van der Waals surface area contributed by atoms with Crippen LogP contribution in [0.1, 0.15) is 29.9 Å². The predicted molar refractivity (Wildman–Crippen MR) is 130 cm³/mol. The van der Waals surface area contributed by atoms with Crippen molar-refractivity contribution in [3.05, 3.63) is 94.5 Å². The molecule has 0 aliphatic carbocycles. The molecular formula is C27H27BrN2. The topological polar surface area (TPSA) is 19.0 Å². The van der Waals surface area contributed by atoms with Crippen molar-refractivity contribution in [1.29, 1.82) is 0 Å². The Morgan fingerprint density at radius 2 is 1.53 bits per heavy atom. The van der Waals surface area contributed by atoms with Gasteiger partial charge in [0.2, 0.25) is 0 Å². The number of para-hydroxylation sites is 1. The van der Waals surface area contributed by atoms with Crippen LogP contribution in [0.2, 0.25) is 0 Å². The van der Waals surface area contributed by atoms with Crippen LogP contribution in [0, 0.1) is 0 Å². The molecule has 1 aliphatic rings. The molecule has 0 amide bonds. The number of aromatic amines is 1. The van der Waals surface area contributed by atoms with Crippen molar-refractivity contribution in [3.63, 3.8) is 0 Å². The zero-order chi connectivity index (χ0) is 20.3. The molecule has 0 atom stereocenters. The molecule has 1 aromatic heterocycles. The lowest BCUT2D eigenvalue weighted by Gasteiger charge is -2.32. The number of aromatic nitrogens is 1. The molecule has 3 heteroatoms. The fourth-order valence-corrected chi connectivity index (χ4v) is 5.33. The lowest BCUT2D eigenvalue weighted by Crippen LogP contribution is -2.34. The first-order valence-electron chi connectivity index (χ1n) is 10.9. The number of hydrogen-bond donors (Lipinski definition) is 1. The molecule has 1 N–H and O–H groups in total. The molecule has 152 valence electrons. The summed E-state index contributed by atoms with van der Waals surface area (Å²) in [5.74, 6) is 0.607. The molecule has 5 rings (SSSR count). The average molecular weight is 459 g/mol. The van der Waals surface area contributed by atoms with Crippen molar-refractivity contribution in [2.75, 3.05) is 19.6 Å². The number of hydrogen-bond acceptors (Lipinski definition) is 1. The predicted octanol–water partition coefficient (Wildman–Crippen LogP) is 7.02. The smallest absolute Gasteiger partial charge is 0.0500 e. The van der Waals surface area contributed by atoms with Crippen LogP contribution in [0.4, 0.5) is 0 Å². The number of nitrogens with zero attached hydrogens (tertiary/aromatic N) is 1. The summed E-state index contributed by atoms with van der Waals surface area (Å²) < 4.78 is 1.23. The summed E-state index contributed by atoms with van der Waals surface area (Å²) in [6.07, 6.45) is 3.55. The quantitative estimate of drug-likeness (QED) is 0.340. The van der Waals surface area contributed by atoms with Crippen LogP contribution in [0.15, 0.2) is 83.3 Å². The van der Waals surface area contributed by atoms with Gasteiger partial charge < -0.3 is 9.88 Å². The number of benzene rings is 3. The SMILES string of the molecule is Brc1ccccc1CCN1CCC(c2c(-c3ccccc3)[nH]c3ccccc23)CC1. The number of fused-ring (bicyclic) bond motifs is 1. The molecule has 30 heavy (non-hydrogen) atoms. The van der Waals surface area contributed by atoms with E-state index in [-0.39, 0.29) is 0 Å². The normalized spacial score (nSPS) is 15.6. The van der Waals surface area contributed by atoms with E-state index in [0.717, 1.165) is 13.0 Å². The van der Waals surface area contributed by atoms with E-state index < -0.39 is 0 Å². The molecule has 0 radical (unpaired) electrons. The van der Waals surface area contributed by atoms with Crippen molar-refractivity contribution in [1.82, 2.24) is 9.88 Å². The van der Waals surface area contributed by atoms with Gasteiger partial charge >= 0.3 is 0 Å². The minimum atomic E-state index is 0.607. The van der Waals surface area contributed by atoms with Crippen molar-refractivity contribution in [2.45, 2.75) is 25.2 Å². The monoisotopic (exact) mass is 458 g/mol. The zero-order valence-corrected chi connectivity index (χ0v) is 18.7. The fraction of sp³-hybridized carbons (Fsp3) is 0.259. The van der Waals surface area contributed by atoms with Gasteiger partial charge in [0.1, 0.15) is 0 Å². The molecule has 0 unspecified atom stereocenters. The molecular weight excluding hydrogens is 432 g/mol. The van der Waals surface area contributed by atoms with Crippen LogP contribution in [0.25, 0.3) is 22.2 Å². The summed E-state index contributed by atoms with van der Waals surface area (Å²) in [6.45, 7) is 3.47. The van der Waals surface area contributed by atoms with Crippen molar-refractivity contribution in [2.24, 2.45) is 0 Å². The van der Waals surface area contributed by atoms with E-state index in [1.54, 1.807) is 0 Å². The standard InChI is InChI=1S/C27H27BrN2/c28-24-12-6-4-8-20(24)14-17-30-18-15-21(16-19-30)26-23-11-5-7-13-25(23)29-27(26)22-9-2-1-3-10-22/h1-13,21,29H,14-19H2. The van der Waals surface area contributed by atoms with Crippen LogP contribution in [0.5, 0.6) is 0 Å². The largest absolute Gasteiger partial charge is 0.354 e. The Balaban J connectivity index is 1.34. The van der Waals surface area contributed by atoms with Gasteiger partial charge in [-0.25, -0.2) is 0 Å². The summed E-state index contributed by atoms with van der Waals surface area (Å²) in [7, 11) is 0. The molecule has 0 spiro atoms. The third kappa shape index (κ3) is 3.97. The molecule has 2 nitrogen and oxygen atoms in total. The van der Waals surface area contributed by atoms with E-state index in [9.17, 15) is 0 Å². The number of nitrogens with one attached hydrogen (secondary N) is 1. The average Bonchev–Trinajstić information content (AvgIpc) is 3.19. The Kier molecular flexibility index (Phi) is 5.74. The molecule has 2 heterocycles. The van der Waals surface area contributed by atoms with E-state index in [1.165, 1.54) is 63.7 Å². The molecule has 1 aliphatic heterocycles. The number of piperidine rings is 1. The van der Waals surface area contributed by atoms with E-state index in [1.807, 2.05) is 0 Å². The van der Waals surface area contributed by atoms with Gasteiger partial charge in [-0.05, 0) is 67.1 Å². The third-order valence-electron chi connectivity index (χ3n) is 6.46. The number of halogens is 1. The Labute approximate surface area is 187 Å². The summed E-state index contributed by atoms with van der Waals surface area (Å²) in [4.78, 5) is 6.35. The Morgan fingerprint density at radius 1 is 0.833 bits per heavy atom. The minimum Gasteiger partial charge on any atom is -0.354 e. The van der Waals surface area contributed by atoms with E-state index in [2.05, 4.69) is 105 Å². The van der Waals surface area contributed by atoms with E-state index in [4.69, 9.17) is 0 Å². The highest BCUT2D eigenvalue weighted by atomic mass is 79.9. The van der Waals surface area contributed by atoms with Gasteiger partial charge in [0.15, 0.2) is 0 Å². The van der Waals surface area contributed by atoms with Crippen LogP contribution < -0.4 is 0 Å². The second-order valence-corrected chi connectivity index (χ2v) is 9.14. The lowest BCUT2D eigenvalue weighted by molar-refractivity contribution is 0.215. The highest BCUT2D eigenvalue weighted by molar-refractivity contribution is 9.10. The van der Waals surface area contributed by atoms with Gasteiger partial charge in [0, 0.05) is 27.6 Å². The Hall–Kier alpha value is -2.36. The van der Waals surface area contributed by atoms with Gasteiger partial charge in [0.25, 0.3) is 0 Å². The Morgan fingerprint density at radius 3 is 2.33 bits per heavy atom. The molecule has 1 fully saturated rings. The maximum atomic E-state index is 3.72. The highest BCUT2D eigenvalue weighted by Crippen LogP contribution is 2.40. The van der Waals surface area contributed by atoms with E-state index >= 15 is 0 Å². The molecule has 3 aromatic carbocycles. The Bertz CT molecular complexity index is 1120. The molecule has 0 bridgehead atoms. The number of likely N-dealkylation sites (tertiary alicyclic amines) is 1. The van der Waals surface area contributed by atoms with Gasteiger partial charge in [-0.15, -0.1) is 0 Å². The first kappa shape index (κ1) is 19.6. The van der Waals surface area contributed by atoms with Gasteiger partial charge in [-0.1, -0.05) is 82.7 Å². The molecule has 4 aromatic rings. The first-order chi connectivity index (χ1) is 14.8. The maximum absolute atomic E-state index is 3.72. The summed E-state index contributed by atoms with van der Waals surface area (Å²) >= 11 is 3.69. The highest BCUT2D eigenvalue weighted by Gasteiger charge is 2.26. The summed E-state index contributed by atoms with van der Waals surface area (Å²) in [5, 5.41) is 1.39. The van der Waals surface area contributed by atoms with Gasteiger partial charge in [-0.2, -0.15) is 0 Å². The third-order valence-corrected chi connectivity index (χ3v) is 7.23. The van der Waals surface area contributed by atoms with Crippen LogP contribution >= 0.6 is 15.9 Å². The second kappa shape index (κ2) is 8.79. The van der Waals surface area contributed by atoms with Gasteiger partial charge in [-0.3, -0.25) is 0 Å². The first-order valence-corrected chi connectivity index (χ1v) is 11.7. The van der Waals surface area contributed by atoms with Crippen LogP contribution in [0.3, 0.4) is 0 Å². The second-order valence-electron chi connectivity index (χ2n) is 8.28.